The van der Waals surface area contributed by atoms with E-state index in [2.05, 4.69) is 0 Å². The molecule has 1 unspecified atom stereocenters. The largest absolute Gasteiger partial charge is 0.477 e. The highest BCUT2D eigenvalue weighted by atomic mass is 35.5. The minimum Gasteiger partial charge on any atom is -0.477 e. The van der Waals surface area contributed by atoms with Crippen molar-refractivity contribution in [1.82, 2.24) is 4.57 Å². The first-order valence-corrected chi connectivity index (χ1v) is 8.62. The first-order chi connectivity index (χ1) is 12.3. The van der Waals surface area contributed by atoms with Gasteiger partial charge in [-0.25, -0.2) is 13.6 Å². The van der Waals surface area contributed by atoms with Crippen molar-refractivity contribution in [2.45, 2.75) is 31.1 Å². The van der Waals surface area contributed by atoms with Gasteiger partial charge >= 0.3 is 5.97 Å². The second-order valence-electron chi connectivity index (χ2n) is 6.82. The Balaban J connectivity index is 2.03. The van der Waals surface area contributed by atoms with Gasteiger partial charge in [0, 0.05) is 31.7 Å². The number of aromatic carboxylic acids is 1. The van der Waals surface area contributed by atoms with E-state index in [0.717, 1.165) is 12.3 Å². The van der Waals surface area contributed by atoms with Crippen molar-refractivity contribution >= 4 is 34.2 Å². The van der Waals surface area contributed by atoms with Gasteiger partial charge < -0.3 is 20.3 Å². The van der Waals surface area contributed by atoms with Crippen LogP contribution in [0.15, 0.2) is 17.1 Å². The molecule has 2 aliphatic rings. The molecule has 1 aliphatic heterocycles. The molecule has 2 fully saturated rings. The molecule has 26 heavy (non-hydrogen) atoms. The molecule has 1 saturated carbocycles. The molecular formula is C17H16ClF2N3O3. The van der Waals surface area contributed by atoms with Crippen LogP contribution in [0, 0.1) is 5.82 Å². The zero-order valence-electron chi connectivity index (χ0n) is 13.6. The van der Waals surface area contributed by atoms with Gasteiger partial charge in [0.15, 0.2) is 0 Å². The number of hydrogen-bond donors (Lipinski definition) is 2. The molecule has 1 saturated heterocycles. The number of fused-ring (bicyclic) bond motifs is 1. The van der Waals surface area contributed by atoms with E-state index in [-0.39, 0.29) is 34.1 Å². The molecule has 0 spiro atoms. The summed E-state index contributed by atoms with van der Waals surface area (Å²) in [6, 6.07) is 0.255. The number of carbonyl (C=O) groups is 1. The average molecular weight is 384 g/mol. The van der Waals surface area contributed by atoms with Crippen LogP contribution in [0.25, 0.3) is 10.9 Å². The van der Waals surface area contributed by atoms with E-state index in [1.165, 1.54) is 4.57 Å². The van der Waals surface area contributed by atoms with Crippen molar-refractivity contribution in [1.29, 1.82) is 0 Å². The Labute approximate surface area is 151 Å². The van der Waals surface area contributed by atoms with Crippen LogP contribution in [0.3, 0.4) is 0 Å². The van der Waals surface area contributed by atoms with E-state index in [9.17, 15) is 23.5 Å². The van der Waals surface area contributed by atoms with Crippen LogP contribution >= 0.6 is 11.6 Å². The summed E-state index contributed by atoms with van der Waals surface area (Å²) in [6.45, 7) is 0.921. The lowest BCUT2D eigenvalue weighted by atomic mass is 10.1. The third-order valence-corrected chi connectivity index (χ3v) is 5.35. The number of anilines is 1. The van der Waals surface area contributed by atoms with Gasteiger partial charge in [0.1, 0.15) is 17.6 Å². The smallest absolute Gasteiger partial charge is 0.341 e. The van der Waals surface area contributed by atoms with Gasteiger partial charge in [0.05, 0.1) is 27.7 Å². The highest BCUT2D eigenvalue weighted by Gasteiger charge is 2.41. The van der Waals surface area contributed by atoms with Crippen LogP contribution in [0.2, 0.25) is 5.02 Å². The average Bonchev–Trinajstić information content (AvgIpc) is 3.14. The van der Waals surface area contributed by atoms with Crippen LogP contribution in [0.1, 0.15) is 29.2 Å². The Kier molecular flexibility index (Phi) is 3.92. The number of carboxylic acid groups (broad SMARTS) is 1. The number of rotatable bonds is 3. The fourth-order valence-electron chi connectivity index (χ4n) is 3.57. The van der Waals surface area contributed by atoms with Crippen molar-refractivity contribution in [3.05, 3.63) is 38.9 Å². The number of aromatic nitrogens is 1. The monoisotopic (exact) mass is 383 g/mol. The maximum absolute atomic E-state index is 14.8. The molecule has 1 aliphatic carbocycles. The topological polar surface area (TPSA) is 88.6 Å². The standard InChI is InChI=1S/C17H16ClF2N3O3/c18-13-14-8(3-11(20)15(13)22-2-1-7(21)5-22)16(24)9(17(25)26)6-23(14)12-4-10(12)19/h3,6-7,10,12H,1-2,4-5,21H2,(H,25,26)/t7-,10-,12?/m0/s1. The van der Waals surface area contributed by atoms with Gasteiger partial charge in [0.25, 0.3) is 0 Å². The van der Waals surface area contributed by atoms with Crippen LogP contribution in [-0.4, -0.2) is 40.9 Å². The quantitative estimate of drug-likeness (QED) is 0.849. The molecule has 0 bridgehead atoms. The van der Waals surface area contributed by atoms with E-state index >= 15 is 0 Å². The molecule has 4 rings (SSSR count). The second-order valence-corrected chi connectivity index (χ2v) is 7.19. The van der Waals surface area contributed by atoms with Crippen molar-refractivity contribution in [2.24, 2.45) is 5.73 Å². The highest BCUT2D eigenvalue weighted by Crippen LogP contribution is 2.44. The van der Waals surface area contributed by atoms with Crippen molar-refractivity contribution in [2.75, 3.05) is 18.0 Å². The molecule has 1 aromatic carbocycles. The Morgan fingerprint density at radius 1 is 1.42 bits per heavy atom. The van der Waals surface area contributed by atoms with Crippen LogP contribution in [0.4, 0.5) is 14.5 Å². The molecule has 6 nitrogen and oxygen atoms in total. The molecule has 2 aromatic rings. The normalized spacial score (nSPS) is 25.1. The van der Waals surface area contributed by atoms with Crippen LogP contribution < -0.4 is 16.1 Å². The van der Waals surface area contributed by atoms with Crippen molar-refractivity contribution < 1.29 is 18.7 Å². The first kappa shape index (κ1) is 17.2. The lowest BCUT2D eigenvalue weighted by Gasteiger charge is -2.23. The summed E-state index contributed by atoms with van der Waals surface area (Å²) < 4.78 is 29.8. The first-order valence-electron chi connectivity index (χ1n) is 8.24. The number of halogens is 3. The molecule has 3 atom stereocenters. The maximum Gasteiger partial charge on any atom is 0.341 e. The van der Waals surface area contributed by atoms with Gasteiger partial charge in [-0.2, -0.15) is 0 Å². The predicted octanol–water partition coefficient (Wildman–Crippen LogP) is 2.31. The SMILES string of the molecule is N[C@H]1CCN(c2c(F)cc3c(=O)c(C(=O)O)cn(C4C[C@@H]4F)c3c2Cl)C1. The summed E-state index contributed by atoms with van der Waals surface area (Å²) in [6.07, 6.45) is 0.801. The zero-order valence-corrected chi connectivity index (χ0v) is 14.3. The molecule has 9 heteroatoms. The molecule has 2 heterocycles. The van der Waals surface area contributed by atoms with Crippen LogP contribution in [0.5, 0.6) is 0 Å². The van der Waals surface area contributed by atoms with Gasteiger partial charge in [-0.15, -0.1) is 0 Å². The summed E-state index contributed by atoms with van der Waals surface area (Å²) in [5.41, 5.74) is 4.77. The highest BCUT2D eigenvalue weighted by molar-refractivity contribution is 6.38. The number of alkyl halides is 1. The lowest BCUT2D eigenvalue weighted by Crippen LogP contribution is -2.27. The van der Waals surface area contributed by atoms with E-state index in [1.807, 2.05) is 0 Å². The fraction of sp³-hybridized carbons (Fsp3) is 0.412. The Morgan fingerprint density at radius 2 is 2.12 bits per heavy atom. The molecular weight excluding hydrogens is 368 g/mol. The van der Waals surface area contributed by atoms with Gasteiger partial charge in [0.2, 0.25) is 5.43 Å². The Bertz CT molecular complexity index is 994. The number of hydrogen-bond acceptors (Lipinski definition) is 4. The predicted molar refractivity (Wildman–Crippen MR) is 93.5 cm³/mol. The third-order valence-electron chi connectivity index (χ3n) is 4.99. The maximum atomic E-state index is 14.8. The van der Waals surface area contributed by atoms with Gasteiger partial charge in [-0.3, -0.25) is 4.79 Å². The third kappa shape index (κ3) is 2.55. The molecule has 3 N–H and O–H groups in total. The summed E-state index contributed by atoms with van der Waals surface area (Å²) in [4.78, 5) is 25.6. The van der Waals surface area contributed by atoms with E-state index in [0.29, 0.717) is 19.5 Å². The molecule has 138 valence electrons. The number of pyridine rings is 1. The second kappa shape index (κ2) is 5.92. The Morgan fingerprint density at radius 3 is 2.65 bits per heavy atom. The fourth-order valence-corrected chi connectivity index (χ4v) is 3.97. The summed E-state index contributed by atoms with van der Waals surface area (Å²) in [5.74, 6) is -2.18. The van der Waals surface area contributed by atoms with Crippen molar-refractivity contribution in [3.63, 3.8) is 0 Å². The number of nitrogens with zero attached hydrogens (tertiary/aromatic N) is 2. The van der Waals surface area contributed by atoms with E-state index < -0.39 is 35.0 Å². The van der Waals surface area contributed by atoms with Gasteiger partial charge in [-0.05, 0) is 12.5 Å². The minimum atomic E-state index is -1.45. The number of carboxylic acids is 1. The van der Waals surface area contributed by atoms with E-state index in [4.69, 9.17) is 17.3 Å². The number of nitrogens with two attached hydrogens (primary N) is 1. The summed E-state index contributed by atoms with van der Waals surface area (Å²) in [5, 5.41) is 9.06. The minimum absolute atomic E-state index is 0.0257. The van der Waals surface area contributed by atoms with E-state index in [1.54, 1.807) is 4.90 Å². The molecule has 0 radical (unpaired) electrons. The molecule has 0 amide bonds. The summed E-state index contributed by atoms with van der Waals surface area (Å²) >= 11 is 6.45. The number of benzene rings is 1. The van der Waals surface area contributed by atoms with Gasteiger partial charge in [-0.1, -0.05) is 11.6 Å². The van der Waals surface area contributed by atoms with Crippen molar-refractivity contribution in [3.8, 4) is 0 Å². The van der Waals surface area contributed by atoms with Crippen LogP contribution in [-0.2, 0) is 0 Å². The Hall–Kier alpha value is -2.19. The molecule has 1 aromatic heterocycles. The zero-order chi connectivity index (χ0) is 18.7. The summed E-state index contributed by atoms with van der Waals surface area (Å²) in [7, 11) is 0. The lowest BCUT2D eigenvalue weighted by molar-refractivity contribution is 0.0694.